The molecule has 0 unspecified atom stereocenters. The molecule has 0 aliphatic heterocycles. The Hall–Kier alpha value is -3.80. The molecule has 0 saturated heterocycles. The van der Waals surface area contributed by atoms with E-state index in [9.17, 15) is 0 Å². The van der Waals surface area contributed by atoms with Crippen LogP contribution in [0.3, 0.4) is 0 Å². The molecule has 5 aromatic rings. The monoisotopic (exact) mass is 354 g/mol. The summed E-state index contributed by atoms with van der Waals surface area (Å²) in [5.74, 6) is 1.46. The van der Waals surface area contributed by atoms with Gasteiger partial charge in [-0.2, -0.15) is 0 Å². The smallest absolute Gasteiger partial charge is 0.205 e. The Labute approximate surface area is 155 Å². The van der Waals surface area contributed by atoms with E-state index in [1.54, 1.807) is 0 Å². The first kappa shape index (κ1) is 15.5. The summed E-state index contributed by atoms with van der Waals surface area (Å²) in [5.41, 5.74) is 7.00. The van der Waals surface area contributed by atoms with Gasteiger partial charge in [-0.05, 0) is 55.0 Å². The van der Waals surface area contributed by atoms with Crippen LogP contribution in [0.1, 0.15) is 5.56 Å². The molecule has 27 heavy (non-hydrogen) atoms. The molecule has 4 N–H and O–H groups in total. The minimum atomic E-state index is 0.730. The molecule has 0 saturated carbocycles. The number of nitrogens with one attached hydrogen (secondary N) is 4. The zero-order valence-electron chi connectivity index (χ0n) is 14.7. The van der Waals surface area contributed by atoms with Crippen molar-refractivity contribution in [3.8, 4) is 0 Å². The van der Waals surface area contributed by atoms with Crippen LogP contribution in [0.4, 0.5) is 23.3 Å². The number of benzene rings is 3. The summed E-state index contributed by atoms with van der Waals surface area (Å²) in [5, 5.41) is 6.69. The van der Waals surface area contributed by atoms with Crippen molar-refractivity contribution in [1.29, 1.82) is 0 Å². The van der Waals surface area contributed by atoms with E-state index in [0.717, 1.165) is 50.9 Å². The van der Waals surface area contributed by atoms with E-state index in [1.807, 2.05) is 60.7 Å². The number of hydrogen-bond acceptors (Lipinski definition) is 4. The maximum Gasteiger partial charge on any atom is 0.205 e. The number of para-hydroxylation sites is 4. The summed E-state index contributed by atoms with van der Waals surface area (Å²) in [6.07, 6.45) is 0. The molecule has 0 spiro atoms. The topological polar surface area (TPSA) is 81.4 Å². The molecule has 0 amide bonds. The van der Waals surface area contributed by atoms with Gasteiger partial charge in [0.1, 0.15) is 0 Å². The van der Waals surface area contributed by atoms with E-state index < -0.39 is 0 Å². The average molecular weight is 354 g/mol. The number of hydrogen-bond donors (Lipinski definition) is 4. The highest BCUT2D eigenvalue weighted by Crippen LogP contribution is 2.25. The molecule has 0 bridgehead atoms. The van der Waals surface area contributed by atoms with Gasteiger partial charge in [0.15, 0.2) is 0 Å². The molecule has 0 radical (unpaired) electrons. The fourth-order valence-corrected chi connectivity index (χ4v) is 3.17. The highest BCUT2D eigenvalue weighted by Gasteiger charge is 2.07. The van der Waals surface area contributed by atoms with Gasteiger partial charge in [0, 0.05) is 11.4 Å². The zero-order chi connectivity index (χ0) is 18.2. The van der Waals surface area contributed by atoms with Crippen LogP contribution in [0.15, 0.2) is 66.7 Å². The molecule has 132 valence electrons. The number of nitrogens with zero attached hydrogens (tertiary/aromatic N) is 2. The van der Waals surface area contributed by atoms with Crippen molar-refractivity contribution in [2.45, 2.75) is 6.92 Å². The standard InChI is InChI=1S/C21H18N6/c1-13-12-14(22-20-24-16-6-2-3-7-17(16)25-20)10-11-15(13)23-21-26-18-8-4-5-9-19(18)27-21/h2-12H,1H3,(H2,22,24,25)(H2,23,26,27). The Kier molecular flexibility index (Phi) is 3.53. The zero-order valence-corrected chi connectivity index (χ0v) is 14.7. The van der Waals surface area contributed by atoms with E-state index in [2.05, 4.69) is 43.6 Å². The summed E-state index contributed by atoms with van der Waals surface area (Å²) >= 11 is 0. The summed E-state index contributed by atoms with van der Waals surface area (Å²) in [6.45, 7) is 2.06. The molecular weight excluding hydrogens is 336 g/mol. The summed E-state index contributed by atoms with van der Waals surface area (Å²) in [7, 11) is 0. The van der Waals surface area contributed by atoms with Gasteiger partial charge in [-0.1, -0.05) is 24.3 Å². The highest BCUT2D eigenvalue weighted by atomic mass is 15.1. The molecule has 5 rings (SSSR count). The van der Waals surface area contributed by atoms with E-state index >= 15 is 0 Å². The lowest BCUT2D eigenvalue weighted by Gasteiger charge is -2.10. The van der Waals surface area contributed by atoms with Crippen molar-refractivity contribution in [1.82, 2.24) is 19.9 Å². The Balaban J connectivity index is 1.38. The molecule has 2 heterocycles. The summed E-state index contributed by atoms with van der Waals surface area (Å²) < 4.78 is 0. The van der Waals surface area contributed by atoms with E-state index in [-0.39, 0.29) is 0 Å². The molecule has 0 atom stereocenters. The lowest BCUT2D eigenvalue weighted by molar-refractivity contribution is 1.28. The number of aryl methyl sites for hydroxylation is 1. The molecular formula is C21H18N6. The number of imidazole rings is 2. The Morgan fingerprint density at radius 1 is 0.704 bits per heavy atom. The molecule has 0 fully saturated rings. The van der Waals surface area contributed by atoms with Crippen molar-refractivity contribution in [2.24, 2.45) is 0 Å². The number of aromatic amines is 2. The highest BCUT2D eigenvalue weighted by molar-refractivity contribution is 5.80. The first-order valence-electron chi connectivity index (χ1n) is 8.79. The van der Waals surface area contributed by atoms with E-state index in [4.69, 9.17) is 0 Å². The summed E-state index contributed by atoms with van der Waals surface area (Å²) in [6, 6.07) is 22.1. The van der Waals surface area contributed by atoms with Crippen LogP contribution in [0.2, 0.25) is 0 Å². The third kappa shape index (κ3) is 2.97. The van der Waals surface area contributed by atoms with Crippen molar-refractivity contribution in [2.75, 3.05) is 10.6 Å². The van der Waals surface area contributed by atoms with Crippen molar-refractivity contribution in [3.63, 3.8) is 0 Å². The third-order valence-corrected chi connectivity index (χ3v) is 4.52. The molecule has 2 aromatic heterocycles. The first-order chi connectivity index (χ1) is 13.2. The number of aromatic nitrogens is 4. The van der Waals surface area contributed by atoms with Gasteiger partial charge in [-0.3, -0.25) is 0 Å². The second kappa shape index (κ2) is 6.17. The quantitative estimate of drug-likeness (QED) is 0.356. The Morgan fingerprint density at radius 3 is 1.89 bits per heavy atom. The Bertz CT molecular complexity index is 1180. The SMILES string of the molecule is Cc1cc(Nc2nc3ccccc3[nH]2)ccc1Nc1nc2ccccc2[nH]1. The first-order valence-corrected chi connectivity index (χ1v) is 8.79. The van der Waals surface area contributed by atoms with Crippen LogP contribution in [0.5, 0.6) is 0 Å². The van der Waals surface area contributed by atoms with E-state index in [1.165, 1.54) is 0 Å². The van der Waals surface area contributed by atoms with Crippen LogP contribution in [-0.2, 0) is 0 Å². The maximum atomic E-state index is 4.57. The predicted molar refractivity (Wildman–Crippen MR) is 110 cm³/mol. The molecule has 6 heteroatoms. The predicted octanol–water partition coefficient (Wildman–Crippen LogP) is 5.23. The van der Waals surface area contributed by atoms with Crippen molar-refractivity contribution < 1.29 is 0 Å². The third-order valence-electron chi connectivity index (χ3n) is 4.52. The molecule has 0 aliphatic carbocycles. The van der Waals surface area contributed by atoms with Crippen molar-refractivity contribution in [3.05, 3.63) is 72.3 Å². The lowest BCUT2D eigenvalue weighted by Crippen LogP contribution is -1.97. The normalized spacial score (nSPS) is 11.1. The van der Waals surface area contributed by atoms with Crippen molar-refractivity contribution >= 4 is 45.3 Å². The lowest BCUT2D eigenvalue weighted by atomic mass is 10.2. The fraction of sp³-hybridized carbons (Fsp3) is 0.0476. The van der Waals surface area contributed by atoms with Gasteiger partial charge in [0.2, 0.25) is 11.9 Å². The largest absolute Gasteiger partial charge is 0.326 e. The number of rotatable bonds is 4. The fourth-order valence-electron chi connectivity index (χ4n) is 3.17. The number of H-pyrrole nitrogens is 2. The van der Waals surface area contributed by atoms with E-state index in [0.29, 0.717) is 0 Å². The second-order valence-corrected chi connectivity index (χ2v) is 6.48. The molecule has 0 aliphatic rings. The average Bonchev–Trinajstić information content (AvgIpc) is 3.26. The van der Waals surface area contributed by atoms with Gasteiger partial charge >= 0.3 is 0 Å². The minimum Gasteiger partial charge on any atom is -0.326 e. The van der Waals surface area contributed by atoms with Gasteiger partial charge < -0.3 is 20.6 Å². The van der Waals surface area contributed by atoms with Crippen LogP contribution >= 0.6 is 0 Å². The number of anilines is 4. The molecule has 6 nitrogen and oxygen atoms in total. The van der Waals surface area contributed by atoms with Crippen LogP contribution in [0, 0.1) is 6.92 Å². The van der Waals surface area contributed by atoms with Gasteiger partial charge in [-0.15, -0.1) is 0 Å². The van der Waals surface area contributed by atoms with Gasteiger partial charge in [0.05, 0.1) is 22.1 Å². The second-order valence-electron chi connectivity index (χ2n) is 6.48. The summed E-state index contributed by atoms with van der Waals surface area (Å²) in [4.78, 5) is 15.7. The maximum absolute atomic E-state index is 4.57. The molecule has 3 aromatic carbocycles. The number of fused-ring (bicyclic) bond motifs is 2. The minimum absolute atomic E-state index is 0.730. The Morgan fingerprint density at radius 2 is 1.30 bits per heavy atom. The van der Waals surface area contributed by atoms with Crippen LogP contribution in [-0.4, -0.2) is 19.9 Å². The van der Waals surface area contributed by atoms with Crippen LogP contribution in [0.25, 0.3) is 22.1 Å². The van der Waals surface area contributed by atoms with Gasteiger partial charge in [0.25, 0.3) is 0 Å². The van der Waals surface area contributed by atoms with Gasteiger partial charge in [-0.25, -0.2) is 9.97 Å². The van der Waals surface area contributed by atoms with Crippen LogP contribution < -0.4 is 10.6 Å².